The van der Waals surface area contributed by atoms with Crippen molar-refractivity contribution in [3.63, 3.8) is 0 Å². The van der Waals surface area contributed by atoms with Gasteiger partial charge in [0, 0.05) is 5.56 Å². The van der Waals surface area contributed by atoms with E-state index in [1.807, 2.05) is 49.4 Å². The predicted molar refractivity (Wildman–Crippen MR) is 76.0 cm³/mol. The first kappa shape index (κ1) is 12.0. The van der Waals surface area contributed by atoms with Crippen molar-refractivity contribution < 1.29 is 4.79 Å². The molecule has 0 bridgehead atoms. The number of carbonyl (C=O) groups excluding carboxylic acids is 1. The highest BCUT2D eigenvalue weighted by molar-refractivity contribution is 5.96. The highest BCUT2D eigenvalue weighted by Crippen LogP contribution is 2.45. The lowest BCUT2D eigenvalue weighted by atomic mass is 10.0. The van der Waals surface area contributed by atoms with Crippen LogP contribution in [0.4, 0.5) is 0 Å². The zero-order chi connectivity index (χ0) is 13.3. The van der Waals surface area contributed by atoms with Gasteiger partial charge < -0.3 is 5.32 Å². The molecule has 0 heterocycles. The summed E-state index contributed by atoms with van der Waals surface area (Å²) in [5.74, 6) is 0.0273. The van der Waals surface area contributed by atoms with Crippen molar-refractivity contribution in [3.8, 4) is 0 Å². The van der Waals surface area contributed by atoms with Gasteiger partial charge in [-0.1, -0.05) is 48.5 Å². The summed E-state index contributed by atoms with van der Waals surface area (Å²) in [5.41, 5.74) is 2.85. The van der Waals surface area contributed by atoms with Crippen LogP contribution in [0.5, 0.6) is 0 Å². The summed E-state index contributed by atoms with van der Waals surface area (Å²) in [6.45, 7) is 1.97. The molecule has 3 rings (SSSR count). The Balaban J connectivity index is 1.83. The van der Waals surface area contributed by atoms with Crippen molar-refractivity contribution in [1.29, 1.82) is 0 Å². The predicted octanol–water partition coefficient (Wildman–Crippen LogP) is 3.41. The van der Waals surface area contributed by atoms with Crippen molar-refractivity contribution in [2.24, 2.45) is 0 Å². The average Bonchev–Trinajstić information content (AvgIpc) is 3.21. The lowest BCUT2D eigenvalue weighted by Gasteiger charge is -2.18. The summed E-state index contributed by atoms with van der Waals surface area (Å²) in [7, 11) is 0. The van der Waals surface area contributed by atoms with Crippen LogP contribution in [0.2, 0.25) is 0 Å². The van der Waals surface area contributed by atoms with E-state index in [-0.39, 0.29) is 11.4 Å². The molecular formula is C17H17NO. The molecule has 2 nitrogen and oxygen atoms in total. The van der Waals surface area contributed by atoms with E-state index in [2.05, 4.69) is 17.4 Å². The normalized spacial score (nSPS) is 15.8. The van der Waals surface area contributed by atoms with Gasteiger partial charge in [0.15, 0.2) is 0 Å². The average molecular weight is 251 g/mol. The maximum absolute atomic E-state index is 12.4. The van der Waals surface area contributed by atoms with Crippen LogP contribution in [0.25, 0.3) is 0 Å². The molecule has 1 aliphatic carbocycles. The number of nitrogens with one attached hydrogen (secondary N) is 1. The molecule has 0 saturated heterocycles. The van der Waals surface area contributed by atoms with Gasteiger partial charge in [-0.2, -0.15) is 0 Å². The van der Waals surface area contributed by atoms with Crippen molar-refractivity contribution >= 4 is 5.91 Å². The summed E-state index contributed by atoms with van der Waals surface area (Å²) < 4.78 is 0. The minimum atomic E-state index is -0.138. The van der Waals surface area contributed by atoms with Crippen LogP contribution >= 0.6 is 0 Å². The third-order valence-electron chi connectivity index (χ3n) is 3.82. The molecule has 0 unspecified atom stereocenters. The maximum Gasteiger partial charge on any atom is 0.252 e. The van der Waals surface area contributed by atoms with Crippen molar-refractivity contribution in [2.75, 3.05) is 0 Å². The van der Waals surface area contributed by atoms with Crippen molar-refractivity contribution in [2.45, 2.75) is 25.3 Å². The first-order valence-electron chi connectivity index (χ1n) is 6.65. The Morgan fingerprint density at radius 3 is 2.26 bits per heavy atom. The molecule has 2 aromatic rings. The third kappa shape index (κ3) is 2.26. The Bertz CT molecular complexity index is 600. The molecule has 1 N–H and O–H groups in total. The number of rotatable bonds is 3. The molecule has 0 aliphatic heterocycles. The van der Waals surface area contributed by atoms with Gasteiger partial charge in [0.1, 0.15) is 0 Å². The molecule has 0 spiro atoms. The van der Waals surface area contributed by atoms with E-state index in [9.17, 15) is 4.79 Å². The first-order chi connectivity index (χ1) is 9.21. The minimum absolute atomic E-state index is 0.0273. The summed E-state index contributed by atoms with van der Waals surface area (Å²) in [4.78, 5) is 12.4. The highest BCUT2D eigenvalue weighted by Gasteiger charge is 2.45. The summed E-state index contributed by atoms with van der Waals surface area (Å²) >= 11 is 0. The smallest absolute Gasteiger partial charge is 0.252 e. The summed E-state index contributed by atoms with van der Waals surface area (Å²) in [6.07, 6.45) is 2.04. The van der Waals surface area contributed by atoms with Crippen LogP contribution in [-0.4, -0.2) is 5.91 Å². The summed E-state index contributed by atoms with van der Waals surface area (Å²) in [5, 5.41) is 3.20. The molecule has 0 aromatic heterocycles. The van der Waals surface area contributed by atoms with Gasteiger partial charge >= 0.3 is 0 Å². The topological polar surface area (TPSA) is 29.1 Å². The van der Waals surface area contributed by atoms with E-state index in [1.54, 1.807) is 0 Å². The quantitative estimate of drug-likeness (QED) is 0.889. The van der Waals surface area contributed by atoms with Crippen LogP contribution in [0.15, 0.2) is 54.6 Å². The fourth-order valence-electron chi connectivity index (χ4n) is 2.48. The fourth-order valence-corrected chi connectivity index (χ4v) is 2.48. The van der Waals surface area contributed by atoms with Gasteiger partial charge in [0.05, 0.1) is 5.54 Å². The zero-order valence-electron chi connectivity index (χ0n) is 11.0. The third-order valence-corrected chi connectivity index (χ3v) is 3.82. The second kappa shape index (κ2) is 4.54. The van der Waals surface area contributed by atoms with Crippen molar-refractivity contribution in [1.82, 2.24) is 5.32 Å². The van der Waals surface area contributed by atoms with Crippen LogP contribution in [-0.2, 0) is 5.54 Å². The Morgan fingerprint density at radius 2 is 1.63 bits per heavy atom. The number of aryl methyl sites for hydroxylation is 1. The number of benzene rings is 2. The molecule has 2 aromatic carbocycles. The molecule has 2 heteroatoms. The molecule has 1 fully saturated rings. The molecule has 0 atom stereocenters. The molecule has 1 saturated carbocycles. The van der Waals surface area contributed by atoms with E-state index in [0.717, 1.165) is 24.0 Å². The van der Waals surface area contributed by atoms with E-state index < -0.39 is 0 Å². The SMILES string of the molecule is Cc1ccccc1C(=O)NC1(c2ccccc2)CC1. The molecule has 1 aliphatic rings. The molecular weight excluding hydrogens is 234 g/mol. The molecule has 1 amide bonds. The van der Waals surface area contributed by atoms with Gasteiger partial charge in [0.2, 0.25) is 0 Å². The molecule has 96 valence electrons. The first-order valence-corrected chi connectivity index (χ1v) is 6.65. The highest BCUT2D eigenvalue weighted by atomic mass is 16.1. The lowest BCUT2D eigenvalue weighted by molar-refractivity contribution is 0.0930. The largest absolute Gasteiger partial charge is 0.343 e. The summed E-state index contributed by atoms with van der Waals surface area (Å²) in [6, 6.07) is 17.9. The Hall–Kier alpha value is -2.09. The lowest BCUT2D eigenvalue weighted by Crippen LogP contribution is -2.35. The van der Waals surface area contributed by atoms with Gasteiger partial charge in [0.25, 0.3) is 5.91 Å². The second-order valence-electron chi connectivity index (χ2n) is 5.22. The Kier molecular flexibility index (Phi) is 2.86. The van der Waals surface area contributed by atoms with Gasteiger partial charge in [-0.3, -0.25) is 4.79 Å². The number of amides is 1. The van der Waals surface area contributed by atoms with Gasteiger partial charge in [-0.15, -0.1) is 0 Å². The maximum atomic E-state index is 12.4. The van der Waals surface area contributed by atoms with E-state index in [0.29, 0.717) is 0 Å². The van der Waals surface area contributed by atoms with E-state index in [1.165, 1.54) is 5.56 Å². The molecule has 0 radical (unpaired) electrons. The number of hydrogen-bond donors (Lipinski definition) is 1. The standard InChI is InChI=1S/C17H17NO/c1-13-7-5-6-10-15(13)16(19)18-17(11-12-17)14-8-3-2-4-9-14/h2-10H,11-12H2,1H3,(H,18,19). The van der Waals surface area contributed by atoms with E-state index >= 15 is 0 Å². The Labute approximate surface area is 113 Å². The number of hydrogen-bond acceptors (Lipinski definition) is 1. The number of carbonyl (C=O) groups is 1. The Morgan fingerprint density at radius 1 is 1.00 bits per heavy atom. The molecule has 19 heavy (non-hydrogen) atoms. The van der Waals surface area contributed by atoms with Crippen LogP contribution in [0, 0.1) is 6.92 Å². The van der Waals surface area contributed by atoms with Crippen LogP contribution in [0.3, 0.4) is 0 Å². The minimum Gasteiger partial charge on any atom is -0.343 e. The second-order valence-corrected chi connectivity index (χ2v) is 5.22. The van der Waals surface area contributed by atoms with E-state index in [4.69, 9.17) is 0 Å². The zero-order valence-corrected chi connectivity index (χ0v) is 11.0. The van der Waals surface area contributed by atoms with Crippen molar-refractivity contribution in [3.05, 3.63) is 71.3 Å². The monoisotopic (exact) mass is 251 g/mol. The van der Waals surface area contributed by atoms with Gasteiger partial charge in [-0.25, -0.2) is 0 Å². The van der Waals surface area contributed by atoms with Crippen LogP contribution in [0.1, 0.15) is 34.3 Å². The fraction of sp³-hybridized carbons (Fsp3) is 0.235. The van der Waals surface area contributed by atoms with Gasteiger partial charge in [-0.05, 0) is 37.0 Å². The van der Waals surface area contributed by atoms with Crippen LogP contribution < -0.4 is 5.32 Å².